The molecule has 1 aromatic heterocycles. The van der Waals surface area contributed by atoms with Gasteiger partial charge in [-0.25, -0.2) is 4.39 Å². The fourth-order valence-corrected chi connectivity index (χ4v) is 5.11. The molecule has 184 valence electrons. The number of aromatic nitrogens is 1. The van der Waals surface area contributed by atoms with Gasteiger partial charge in [-0.2, -0.15) is 0 Å². The van der Waals surface area contributed by atoms with E-state index >= 15 is 0 Å². The Kier molecular flexibility index (Phi) is 9.41. The molecule has 0 radical (unpaired) electrons. The summed E-state index contributed by atoms with van der Waals surface area (Å²) in [4.78, 5) is 18.4. The minimum Gasteiger partial charge on any atom is -0.356 e. The number of amides is 1. The summed E-state index contributed by atoms with van der Waals surface area (Å²) in [6, 6.07) is 23.6. The number of nitrogens with one attached hydrogen (secondary N) is 1. The van der Waals surface area contributed by atoms with Crippen LogP contribution in [-0.2, 0) is 11.2 Å². The zero-order valence-electron chi connectivity index (χ0n) is 20.4. The standard InChI is InChI=1S/C30H36FN3O/c31-28-23-32-20-16-25(28)14-15-29(35)33-19-8-7-9-24-17-21-34(22-18-24)30(26-10-3-1-4-11-26)27-12-5-2-6-13-27/h1-6,10-13,16,20,23-24,30H,7-9,14-15,17-19,21-22H2,(H,33,35). The van der Waals surface area contributed by atoms with Crippen LogP contribution >= 0.6 is 0 Å². The van der Waals surface area contributed by atoms with Crippen LogP contribution in [0, 0.1) is 11.7 Å². The van der Waals surface area contributed by atoms with Crippen molar-refractivity contribution in [3.05, 3.63) is 102 Å². The molecule has 1 saturated heterocycles. The predicted octanol–water partition coefficient (Wildman–Crippen LogP) is 5.94. The van der Waals surface area contributed by atoms with Crippen molar-refractivity contribution in [3.63, 3.8) is 0 Å². The van der Waals surface area contributed by atoms with Gasteiger partial charge in [0.15, 0.2) is 0 Å². The molecule has 0 unspecified atom stereocenters. The second-order valence-corrected chi connectivity index (χ2v) is 9.52. The first kappa shape index (κ1) is 25.1. The lowest BCUT2D eigenvalue weighted by Gasteiger charge is -2.38. The van der Waals surface area contributed by atoms with E-state index in [1.807, 2.05) is 0 Å². The van der Waals surface area contributed by atoms with E-state index in [0.717, 1.165) is 31.8 Å². The molecule has 0 saturated carbocycles. The van der Waals surface area contributed by atoms with E-state index in [-0.39, 0.29) is 11.7 Å². The van der Waals surface area contributed by atoms with Gasteiger partial charge in [0.2, 0.25) is 5.91 Å². The van der Waals surface area contributed by atoms with Gasteiger partial charge in [0.1, 0.15) is 5.82 Å². The predicted molar refractivity (Wildman–Crippen MR) is 138 cm³/mol. The van der Waals surface area contributed by atoms with Gasteiger partial charge in [-0.1, -0.05) is 73.5 Å². The number of pyridine rings is 1. The molecule has 0 atom stereocenters. The SMILES string of the molecule is O=C(CCc1ccncc1F)NCCCCC1CCN(C(c2ccccc2)c2ccccc2)CC1. The van der Waals surface area contributed by atoms with E-state index in [9.17, 15) is 9.18 Å². The molecule has 0 bridgehead atoms. The molecular weight excluding hydrogens is 437 g/mol. The number of unbranched alkanes of at least 4 members (excludes halogenated alkanes) is 1. The molecule has 3 aromatic rings. The number of hydrogen-bond acceptors (Lipinski definition) is 3. The topological polar surface area (TPSA) is 45.2 Å². The van der Waals surface area contributed by atoms with E-state index in [2.05, 4.69) is 75.9 Å². The Balaban J connectivity index is 1.16. The number of nitrogens with zero attached hydrogens (tertiary/aromatic N) is 2. The minimum absolute atomic E-state index is 0.0117. The Bertz CT molecular complexity index is 996. The molecule has 1 aliphatic rings. The Morgan fingerprint density at radius 1 is 0.971 bits per heavy atom. The lowest BCUT2D eigenvalue weighted by atomic mass is 9.88. The van der Waals surface area contributed by atoms with Gasteiger partial charge in [0, 0.05) is 19.2 Å². The van der Waals surface area contributed by atoms with E-state index in [4.69, 9.17) is 0 Å². The van der Waals surface area contributed by atoms with Crippen LogP contribution in [0.15, 0.2) is 79.1 Å². The summed E-state index contributed by atoms with van der Waals surface area (Å²) in [7, 11) is 0. The quantitative estimate of drug-likeness (QED) is 0.351. The molecule has 5 heteroatoms. The van der Waals surface area contributed by atoms with Crippen LogP contribution in [0.1, 0.15) is 61.3 Å². The van der Waals surface area contributed by atoms with Gasteiger partial charge in [-0.05, 0) is 67.4 Å². The Morgan fingerprint density at radius 2 is 1.63 bits per heavy atom. The molecule has 1 N–H and O–H groups in total. The number of likely N-dealkylation sites (tertiary alicyclic amines) is 1. The Labute approximate surface area is 208 Å². The zero-order valence-corrected chi connectivity index (χ0v) is 20.4. The number of carbonyl (C=O) groups is 1. The van der Waals surface area contributed by atoms with Crippen molar-refractivity contribution in [2.75, 3.05) is 19.6 Å². The molecule has 4 nitrogen and oxygen atoms in total. The van der Waals surface area contributed by atoms with E-state index in [1.54, 1.807) is 12.3 Å². The van der Waals surface area contributed by atoms with Crippen molar-refractivity contribution in [2.24, 2.45) is 5.92 Å². The second kappa shape index (κ2) is 13.1. The van der Waals surface area contributed by atoms with Crippen LogP contribution in [0.25, 0.3) is 0 Å². The smallest absolute Gasteiger partial charge is 0.220 e. The van der Waals surface area contributed by atoms with Gasteiger partial charge in [0.25, 0.3) is 0 Å². The average molecular weight is 474 g/mol. The van der Waals surface area contributed by atoms with Gasteiger partial charge >= 0.3 is 0 Å². The molecule has 2 aromatic carbocycles. The van der Waals surface area contributed by atoms with Crippen molar-refractivity contribution in [2.45, 2.75) is 51.0 Å². The number of benzene rings is 2. The summed E-state index contributed by atoms with van der Waals surface area (Å²) in [6.45, 7) is 2.92. The fraction of sp³-hybridized carbons (Fsp3) is 0.400. The Morgan fingerprint density at radius 3 is 2.26 bits per heavy atom. The third-order valence-corrected chi connectivity index (χ3v) is 7.08. The van der Waals surface area contributed by atoms with Crippen LogP contribution in [0.4, 0.5) is 4.39 Å². The summed E-state index contributed by atoms with van der Waals surface area (Å²) in [5, 5.41) is 2.98. The molecular formula is C30H36FN3O. The maximum absolute atomic E-state index is 13.6. The number of carbonyl (C=O) groups excluding carboxylic acids is 1. The third kappa shape index (κ3) is 7.46. The second-order valence-electron chi connectivity index (χ2n) is 9.52. The van der Waals surface area contributed by atoms with Gasteiger partial charge in [-0.15, -0.1) is 0 Å². The van der Waals surface area contributed by atoms with Crippen LogP contribution in [0.2, 0.25) is 0 Å². The number of hydrogen-bond donors (Lipinski definition) is 1. The highest BCUT2D eigenvalue weighted by Crippen LogP contribution is 2.33. The largest absolute Gasteiger partial charge is 0.356 e. The van der Waals surface area contributed by atoms with Gasteiger partial charge < -0.3 is 5.32 Å². The van der Waals surface area contributed by atoms with E-state index < -0.39 is 0 Å². The first-order chi connectivity index (χ1) is 17.2. The Hall–Kier alpha value is -3.05. The summed E-state index contributed by atoms with van der Waals surface area (Å²) >= 11 is 0. The highest BCUT2D eigenvalue weighted by molar-refractivity contribution is 5.76. The molecule has 2 heterocycles. The van der Waals surface area contributed by atoms with Crippen molar-refractivity contribution in [1.29, 1.82) is 0 Å². The molecule has 35 heavy (non-hydrogen) atoms. The van der Waals surface area contributed by atoms with E-state index in [1.165, 1.54) is 36.6 Å². The maximum Gasteiger partial charge on any atom is 0.220 e. The summed E-state index contributed by atoms with van der Waals surface area (Å²) < 4.78 is 13.6. The average Bonchev–Trinajstić information content (AvgIpc) is 2.90. The molecule has 1 amide bonds. The normalized spacial score (nSPS) is 14.8. The fourth-order valence-electron chi connectivity index (χ4n) is 5.11. The summed E-state index contributed by atoms with van der Waals surface area (Å²) in [6.07, 6.45) is 9.25. The third-order valence-electron chi connectivity index (χ3n) is 7.08. The maximum atomic E-state index is 13.6. The number of piperidine rings is 1. The zero-order chi connectivity index (χ0) is 24.3. The van der Waals surface area contributed by atoms with Crippen molar-refractivity contribution in [3.8, 4) is 0 Å². The highest BCUT2D eigenvalue weighted by Gasteiger charge is 2.27. The lowest BCUT2D eigenvalue weighted by molar-refractivity contribution is -0.121. The number of halogens is 1. The van der Waals surface area contributed by atoms with Crippen molar-refractivity contribution in [1.82, 2.24) is 15.2 Å². The summed E-state index contributed by atoms with van der Waals surface area (Å²) in [5.74, 6) is 0.399. The number of rotatable bonds is 11. The van der Waals surface area contributed by atoms with Gasteiger partial charge in [0.05, 0.1) is 12.2 Å². The first-order valence-electron chi connectivity index (χ1n) is 12.9. The van der Waals surface area contributed by atoms with Crippen molar-refractivity contribution < 1.29 is 9.18 Å². The van der Waals surface area contributed by atoms with Crippen LogP contribution in [0.3, 0.4) is 0 Å². The molecule has 1 fully saturated rings. The summed E-state index contributed by atoms with van der Waals surface area (Å²) in [5.41, 5.74) is 3.27. The van der Waals surface area contributed by atoms with Crippen molar-refractivity contribution >= 4 is 5.91 Å². The highest BCUT2D eigenvalue weighted by atomic mass is 19.1. The molecule has 4 rings (SSSR count). The molecule has 0 aliphatic carbocycles. The van der Waals surface area contributed by atoms with Crippen LogP contribution < -0.4 is 5.32 Å². The lowest BCUT2D eigenvalue weighted by Crippen LogP contribution is -2.37. The minimum atomic E-state index is -0.342. The monoisotopic (exact) mass is 473 g/mol. The molecule has 1 aliphatic heterocycles. The van der Waals surface area contributed by atoms with Gasteiger partial charge in [-0.3, -0.25) is 14.7 Å². The van der Waals surface area contributed by atoms with Crippen LogP contribution in [0.5, 0.6) is 0 Å². The molecule has 0 spiro atoms. The van der Waals surface area contributed by atoms with Crippen LogP contribution in [-0.4, -0.2) is 35.4 Å². The van der Waals surface area contributed by atoms with E-state index in [0.29, 0.717) is 31.0 Å². The first-order valence-corrected chi connectivity index (χ1v) is 12.9. The number of aryl methyl sites for hydroxylation is 1.